The van der Waals surface area contributed by atoms with Gasteiger partial charge in [0.05, 0.1) is 6.42 Å². The summed E-state index contributed by atoms with van der Waals surface area (Å²) in [6.07, 6.45) is 0.452. The van der Waals surface area contributed by atoms with E-state index in [0.717, 1.165) is 16.7 Å². The Morgan fingerprint density at radius 1 is 0.780 bits per heavy atom. The van der Waals surface area contributed by atoms with Crippen LogP contribution in [-0.2, 0) is 20.8 Å². The number of carbonyl (C=O) groups is 4. The van der Waals surface area contributed by atoms with Crippen molar-refractivity contribution < 1.29 is 23.6 Å². The zero-order valence-corrected chi connectivity index (χ0v) is 23.6. The molecule has 9 heteroatoms. The highest BCUT2D eigenvalue weighted by Crippen LogP contribution is 2.20. The minimum atomic E-state index is -1.07. The van der Waals surface area contributed by atoms with Gasteiger partial charge in [-0.05, 0) is 68.1 Å². The van der Waals surface area contributed by atoms with Gasteiger partial charge in [0.15, 0.2) is 0 Å². The van der Waals surface area contributed by atoms with Crippen LogP contribution in [0.4, 0.5) is 4.39 Å². The highest BCUT2D eigenvalue weighted by Gasteiger charge is 2.25. The normalized spacial score (nSPS) is 11.7. The molecule has 0 saturated carbocycles. The fourth-order valence-corrected chi connectivity index (χ4v) is 4.10. The van der Waals surface area contributed by atoms with Crippen molar-refractivity contribution in [2.45, 2.75) is 51.6 Å². The summed E-state index contributed by atoms with van der Waals surface area (Å²) in [7, 11) is 0. The average molecular weight is 561 g/mol. The second-order valence-corrected chi connectivity index (χ2v) is 10.7. The number of hydrogen-bond acceptors (Lipinski definition) is 4. The topological polar surface area (TPSA) is 116 Å². The Hall–Kier alpha value is -4.53. The molecule has 41 heavy (non-hydrogen) atoms. The van der Waals surface area contributed by atoms with Crippen molar-refractivity contribution in [1.29, 1.82) is 0 Å². The van der Waals surface area contributed by atoms with Gasteiger partial charge in [-0.3, -0.25) is 19.2 Å². The molecule has 0 fully saturated rings. The van der Waals surface area contributed by atoms with E-state index in [1.807, 2.05) is 57.2 Å². The smallest absolute Gasteiger partial charge is 0.251 e. The van der Waals surface area contributed by atoms with Crippen molar-refractivity contribution >= 4 is 23.6 Å². The van der Waals surface area contributed by atoms with Crippen molar-refractivity contribution in [2.75, 3.05) is 13.1 Å². The van der Waals surface area contributed by atoms with Gasteiger partial charge in [0, 0.05) is 30.6 Å². The molecule has 3 aromatic rings. The number of halogens is 1. The van der Waals surface area contributed by atoms with Gasteiger partial charge in [0.2, 0.25) is 17.7 Å². The van der Waals surface area contributed by atoms with Crippen LogP contribution in [0.25, 0.3) is 11.1 Å². The molecule has 0 spiro atoms. The van der Waals surface area contributed by atoms with Crippen LogP contribution in [0.2, 0.25) is 0 Å². The molecule has 4 amide bonds. The third-order valence-electron chi connectivity index (χ3n) is 6.05. The molecule has 3 aromatic carbocycles. The summed E-state index contributed by atoms with van der Waals surface area (Å²) in [5.41, 5.74) is 2.47. The summed E-state index contributed by atoms with van der Waals surface area (Å²) in [4.78, 5) is 50.8. The minimum Gasteiger partial charge on any atom is -0.353 e. The lowest BCUT2D eigenvalue weighted by Crippen LogP contribution is -2.51. The van der Waals surface area contributed by atoms with Crippen LogP contribution in [0.1, 0.15) is 49.5 Å². The third-order valence-corrected chi connectivity index (χ3v) is 6.05. The molecule has 0 aromatic heterocycles. The van der Waals surface area contributed by atoms with Crippen molar-refractivity contribution in [3.05, 3.63) is 95.8 Å². The molecule has 0 aliphatic heterocycles. The summed E-state index contributed by atoms with van der Waals surface area (Å²) in [6, 6.07) is 21.4. The lowest BCUT2D eigenvalue weighted by molar-refractivity contribution is -0.132. The van der Waals surface area contributed by atoms with Crippen molar-refractivity contribution in [2.24, 2.45) is 0 Å². The quantitative estimate of drug-likeness (QED) is 0.253. The molecule has 4 N–H and O–H groups in total. The standard InChI is InChI=1S/C32H37FN4O4/c1-32(2,3)37-29(39)21-27(36-28(38)17-12-22-8-5-4-6-9-22)31(41)35-19-18-34-30(40)25-11-7-10-24(20-25)23-13-15-26(33)16-14-23/h4-11,13-16,20,27H,12,17-19,21H2,1-3H3,(H,34,40)(H,35,41)(H,36,38)(H,37,39). The van der Waals surface area contributed by atoms with Crippen LogP contribution in [0, 0.1) is 5.82 Å². The van der Waals surface area contributed by atoms with Crippen molar-refractivity contribution in [3.63, 3.8) is 0 Å². The predicted molar refractivity (Wildman–Crippen MR) is 156 cm³/mol. The van der Waals surface area contributed by atoms with Crippen LogP contribution in [0.3, 0.4) is 0 Å². The Kier molecular flexibility index (Phi) is 11.1. The zero-order valence-electron chi connectivity index (χ0n) is 23.6. The summed E-state index contributed by atoms with van der Waals surface area (Å²) < 4.78 is 13.2. The summed E-state index contributed by atoms with van der Waals surface area (Å²) in [5.74, 6) is -1.90. The number of aryl methyl sites for hydroxylation is 1. The number of carbonyl (C=O) groups excluding carboxylic acids is 4. The molecule has 0 bridgehead atoms. The second-order valence-electron chi connectivity index (χ2n) is 10.7. The third kappa shape index (κ3) is 10.9. The van der Waals surface area contributed by atoms with Crippen LogP contribution < -0.4 is 21.3 Å². The van der Waals surface area contributed by atoms with Crippen LogP contribution in [0.5, 0.6) is 0 Å². The predicted octanol–water partition coefficient (Wildman–Crippen LogP) is 3.76. The van der Waals surface area contributed by atoms with Gasteiger partial charge in [-0.25, -0.2) is 4.39 Å². The maximum atomic E-state index is 13.2. The summed E-state index contributed by atoms with van der Waals surface area (Å²) >= 11 is 0. The largest absolute Gasteiger partial charge is 0.353 e. The molecule has 0 saturated heterocycles. The van der Waals surface area contributed by atoms with Crippen molar-refractivity contribution in [3.8, 4) is 11.1 Å². The highest BCUT2D eigenvalue weighted by atomic mass is 19.1. The lowest BCUT2D eigenvalue weighted by Gasteiger charge is -2.23. The molecule has 8 nitrogen and oxygen atoms in total. The van der Waals surface area contributed by atoms with Crippen molar-refractivity contribution in [1.82, 2.24) is 21.3 Å². The molecule has 0 heterocycles. The Labute approximate surface area is 240 Å². The molecular formula is C32H37FN4O4. The number of rotatable bonds is 12. The minimum absolute atomic E-state index is 0.0967. The molecule has 216 valence electrons. The van der Waals surface area contributed by atoms with Gasteiger partial charge < -0.3 is 21.3 Å². The molecular weight excluding hydrogens is 523 g/mol. The average Bonchev–Trinajstić information content (AvgIpc) is 2.93. The van der Waals surface area contributed by atoms with Crippen LogP contribution in [0.15, 0.2) is 78.9 Å². The maximum Gasteiger partial charge on any atom is 0.251 e. The van der Waals surface area contributed by atoms with E-state index in [-0.39, 0.29) is 49.5 Å². The molecule has 1 unspecified atom stereocenters. The fraction of sp³-hybridized carbons (Fsp3) is 0.312. The summed E-state index contributed by atoms with van der Waals surface area (Å²) in [6.45, 7) is 5.72. The molecule has 0 aliphatic rings. The zero-order chi connectivity index (χ0) is 29.8. The first kappa shape index (κ1) is 31.0. The van der Waals surface area contributed by atoms with E-state index >= 15 is 0 Å². The SMILES string of the molecule is CC(C)(C)NC(=O)CC(NC(=O)CCc1ccccc1)C(=O)NCCNC(=O)c1cccc(-c2ccc(F)cc2)c1. The Morgan fingerprint density at radius 3 is 2.15 bits per heavy atom. The van der Waals surface area contributed by atoms with Gasteiger partial charge in [0.25, 0.3) is 5.91 Å². The first-order valence-electron chi connectivity index (χ1n) is 13.6. The molecule has 0 radical (unpaired) electrons. The number of hydrogen-bond donors (Lipinski definition) is 4. The summed E-state index contributed by atoms with van der Waals surface area (Å²) in [5, 5.41) is 10.9. The van der Waals surface area contributed by atoms with E-state index in [1.54, 1.807) is 30.3 Å². The van der Waals surface area contributed by atoms with Gasteiger partial charge in [-0.15, -0.1) is 0 Å². The first-order valence-corrected chi connectivity index (χ1v) is 13.6. The van der Waals surface area contributed by atoms with E-state index in [1.165, 1.54) is 12.1 Å². The van der Waals surface area contributed by atoms with Gasteiger partial charge in [0.1, 0.15) is 11.9 Å². The van der Waals surface area contributed by atoms with Gasteiger partial charge in [-0.2, -0.15) is 0 Å². The van der Waals surface area contributed by atoms with E-state index in [2.05, 4.69) is 21.3 Å². The van der Waals surface area contributed by atoms with E-state index < -0.39 is 17.5 Å². The lowest BCUT2D eigenvalue weighted by atomic mass is 10.0. The van der Waals surface area contributed by atoms with Crippen LogP contribution in [-0.4, -0.2) is 48.3 Å². The number of benzene rings is 3. The molecule has 3 rings (SSSR count). The maximum absolute atomic E-state index is 13.2. The Bertz CT molecular complexity index is 1340. The highest BCUT2D eigenvalue weighted by molar-refractivity contribution is 5.95. The monoisotopic (exact) mass is 560 g/mol. The number of amides is 4. The van der Waals surface area contributed by atoms with Gasteiger partial charge in [-0.1, -0.05) is 54.6 Å². The number of nitrogens with one attached hydrogen (secondary N) is 4. The van der Waals surface area contributed by atoms with Crippen LogP contribution >= 0.6 is 0 Å². The van der Waals surface area contributed by atoms with E-state index in [0.29, 0.717) is 12.0 Å². The molecule has 1 atom stereocenters. The van der Waals surface area contributed by atoms with E-state index in [4.69, 9.17) is 0 Å². The second kappa shape index (κ2) is 14.7. The first-order chi connectivity index (χ1) is 19.5. The fourth-order valence-electron chi connectivity index (χ4n) is 4.10. The Balaban J connectivity index is 1.53. The Morgan fingerprint density at radius 2 is 1.46 bits per heavy atom. The molecule has 0 aliphatic carbocycles. The van der Waals surface area contributed by atoms with E-state index in [9.17, 15) is 23.6 Å². The van der Waals surface area contributed by atoms with Gasteiger partial charge >= 0.3 is 0 Å².